The van der Waals surface area contributed by atoms with Crippen LogP contribution in [0, 0.1) is 6.92 Å². The van der Waals surface area contributed by atoms with Gasteiger partial charge in [0.15, 0.2) is 0 Å². The van der Waals surface area contributed by atoms with Gasteiger partial charge in [-0.25, -0.2) is 4.98 Å². The van der Waals surface area contributed by atoms with Crippen LogP contribution in [0.1, 0.15) is 55.1 Å². The standard InChI is InChI=1S/C16H27N3S/c1-4-13-12(3)20-15(18-13)16(17-5-2)9-11-19-10-7-6-8-14(16)19/h14,17H,4-11H2,1-3H3. The van der Waals surface area contributed by atoms with E-state index >= 15 is 0 Å². The second-order valence-corrected chi connectivity index (χ2v) is 7.38. The maximum atomic E-state index is 5.02. The number of fused-ring (bicyclic) bond motifs is 1. The Kier molecular flexibility index (Phi) is 4.16. The number of nitrogens with one attached hydrogen (secondary N) is 1. The molecule has 0 aliphatic carbocycles. The lowest BCUT2D eigenvalue weighted by atomic mass is 9.85. The molecule has 3 heterocycles. The molecule has 1 N–H and O–H groups in total. The highest BCUT2D eigenvalue weighted by molar-refractivity contribution is 7.11. The zero-order valence-corrected chi connectivity index (χ0v) is 13.9. The van der Waals surface area contributed by atoms with Crippen LogP contribution in [0.4, 0.5) is 0 Å². The summed E-state index contributed by atoms with van der Waals surface area (Å²) in [6, 6.07) is 0.659. The number of thiazole rings is 1. The molecule has 2 aliphatic rings. The smallest absolute Gasteiger partial charge is 0.115 e. The van der Waals surface area contributed by atoms with Crippen molar-refractivity contribution in [1.29, 1.82) is 0 Å². The van der Waals surface area contributed by atoms with Crippen LogP contribution < -0.4 is 5.32 Å². The molecule has 2 atom stereocenters. The van der Waals surface area contributed by atoms with E-state index in [1.807, 2.05) is 11.3 Å². The lowest BCUT2D eigenvalue weighted by Crippen LogP contribution is -2.53. The summed E-state index contributed by atoms with van der Waals surface area (Å²) in [5.74, 6) is 0. The van der Waals surface area contributed by atoms with Crippen molar-refractivity contribution in [2.24, 2.45) is 0 Å². The molecule has 112 valence electrons. The van der Waals surface area contributed by atoms with Gasteiger partial charge in [-0.2, -0.15) is 0 Å². The highest BCUT2D eigenvalue weighted by atomic mass is 32.1. The summed E-state index contributed by atoms with van der Waals surface area (Å²) in [5, 5.41) is 5.19. The molecule has 2 fully saturated rings. The summed E-state index contributed by atoms with van der Waals surface area (Å²) < 4.78 is 0. The maximum Gasteiger partial charge on any atom is 0.115 e. The second kappa shape index (κ2) is 5.74. The van der Waals surface area contributed by atoms with Crippen molar-refractivity contribution in [2.75, 3.05) is 19.6 Å². The predicted molar refractivity (Wildman–Crippen MR) is 85.4 cm³/mol. The number of hydrogen-bond acceptors (Lipinski definition) is 4. The topological polar surface area (TPSA) is 28.2 Å². The largest absolute Gasteiger partial charge is 0.304 e. The number of aromatic nitrogens is 1. The summed E-state index contributed by atoms with van der Waals surface area (Å²) in [7, 11) is 0. The first kappa shape index (κ1) is 14.5. The number of hydrogen-bond donors (Lipinski definition) is 1. The molecule has 4 heteroatoms. The molecule has 0 saturated carbocycles. The highest BCUT2D eigenvalue weighted by Crippen LogP contribution is 2.44. The van der Waals surface area contributed by atoms with E-state index in [9.17, 15) is 0 Å². The van der Waals surface area contributed by atoms with Crippen molar-refractivity contribution < 1.29 is 0 Å². The van der Waals surface area contributed by atoms with Crippen LogP contribution in [0.2, 0.25) is 0 Å². The van der Waals surface area contributed by atoms with E-state index in [-0.39, 0.29) is 5.54 Å². The summed E-state index contributed by atoms with van der Waals surface area (Å²) in [5.41, 5.74) is 1.43. The molecule has 1 aromatic heterocycles. The van der Waals surface area contributed by atoms with Crippen molar-refractivity contribution in [1.82, 2.24) is 15.2 Å². The van der Waals surface area contributed by atoms with Crippen LogP contribution in [0.5, 0.6) is 0 Å². The monoisotopic (exact) mass is 293 g/mol. The Labute approximate surface area is 126 Å². The summed E-state index contributed by atoms with van der Waals surface area (Å²) in [6.07, 6.45) is 6.35. The molecule has 0 aromatic carbocycles. The molecular weight excluding hydrogens is 266 g/mol. The molecule has 1 aromatic rings. The van der Waals surface area contributed by atoms with Crippen molar-refractivity contribution in [3.05, 3.63) is 15.6 Å². The first-order valence-corrected chi connectivity index (χ1v) is 8.98. The molecule has 0 bridgehead atoms. The lowest BCUT2D eigenvalue weighted by Gasteiger charge is -2.40. The molecule has 0 spiro atoms. The van der Waals surface area contributed by atoms with E-state index in [1.54, 1.807) is 0 Å². The van der Waals surface area contributed by atoms with Gasteiger partial charge in [-0.05, 0) is 45.7 Å². The predicted octanol–water partition coefficient (Wildman–Crippen LogP) is 3.08. The number of nitrogens with zero attached hydrogens (tertiary/aromatic N) is 2. The zero-order valence-electron chi connectivity index (χ0n) is 13.0. The fourth-order valence-corrected chi connectivity index (χ4v) is 5.34. The van der Waals surface area contributed by atoms with Crippen LogP contribution in [0.25, 0.3) is 0 Å². The third-order valence-corrected chi connectivity index (χ3v) is 6.27. The van der Waals surface area contributed by atoms with Gasteiger partial charge in [0, 0.05) is 17.5 Å². The zero-order chi connectivity index (χ0) is 14.2. The SMILES string of the molecule is CCNC1(c2nc(CC)c(C)s2)CCN2CCCCC21. The highest BCUT2D eigenvalue weighted by Gasteiger charge is 2.50. The van der Waals surface area contributed by atoms with Gasteiger partial charge in [0.1, 0.15) is 5.01 Å². The van der Waals surface area contributed by atoms with E-state index in [4.69, 9.17) is 4.98 Å². The quantitative estimate of drug-likeness (QED) is 0.924. The first-order chi connectivity index (χ1) is 9.71. The normalized spacial score (nSPS) is 30.6. The maximum absolute atomic E-state index is 5.02. The van der Waals surface area contributed by atoms with Crippen molar-refractivity contribution in [3.8, 4) is 0 Å². The van der Waals surface area contributed by atoms with Gasteiger partial charge in [0.05, 0.1) is 11.2 Å². The molecule has 3 nitrogen and oxygen atoms in total. The summed E-state index contributed by atoms with van der Waals surface area (Å²) >= 11 is 1.93. The summed E-state index contributed by atoms with van der Waals surface area (Å²) in [4.78, 5) is 9.14. The van der Waals surface area contributed by atoms with Gasteiger partial charge >= 0.3 is 0 Å². The molecule has 2 unspecified atom stereocenters. The van der Waals surface area contributed by atoms with E-state index in [0.717, 1.165) is 13.0 Å². The Hall–Kier alpha value is -0.450. The van der Waals surface area contributed by atoms with Crippen molar-refractivity contribution in [3.63, 3.8) is 0 Å². The van der Waals surface area contributed by atoms with Crippen LogP contribution in [-0.4, -0.2) is 35.6 Å². The van der Waals surface area contributed by atoms with E-state index in [1.165, 1.54) is 54.4 Å². The molecule has 2 aliphatic heterocycles. The number of likely N-dealkylation sites (N-methyl/N-ethyl adjacent to an activating group) is 1. The van der Waals surface area contributed by atoms with Crippen LogP contribution in [0.3, 0.4) is 0 Å². The minimum Gasteiger partial charge on any atom is -0.304 e. The fourth-order valence-electron chi connectivity index (χ4n) is 4.10. The number of piperidine rings is 1. The fraction of sp³-hybridized carbons (Fsp3) is 0.812. The second-order valence-electron chi connectivity index (χ2n) is 6.17. The van der Waals surface area contributed by atoms with Crippen LogP contribution in [0.15, 0.2) is 0 Å². The average molecular weight is 293 g/mol. The number of aryl methyl sites for hydroxylation is 2. The van der Waals surface area contributed by atoms with Gasteiger partial charge in [-0.1, -0.05) is 20.3 Å². The van der Waals surface area contributed by atoms with E-state index in [0.29, 0.717) is 6.04 Å². The van der Waals surface area contributed by atoms with Gasteiger partial charge in [-0.15, -0.1) is 11.3 Å². The average Bonchev–Trinajstić information content (AvgIpc) is 3.02. The minimum absolute atomic E-state index is 0.123. The van der Waals surface area contributed by atoms with Crippen LogP contribution >= 0.6 is 11.3 Å². The minimum atomic E-state index is 0.123. The molecule has 0 amide bonds. The van der Waals surface area contributed by atoms with Gasteiger partial charge in [0.2, 0.25) is 0 Å². The third kappa shape index (κ3) is 2.22. The molecule has 0 radical (unpaired) electrons. The Bertz CT molecular complexity index is 470. The molecule has 3 rings (SSSR count). The molecule has 20 heavy (non-hydrogen) atoms. The van der Waals surface area contributed by atoms with Crippen LogP contribution in [-0.2, 0) is 12.0 Å². The first-order valence-electron chi connectivity index (χ1n) is 8.17. The lowest BCUT2D eigenvalue weighted by molar-refractivity contribution is 0.137. The molecular formula is C16H27N3S. The molecule has 2 saturated heterocycles. The number of rotatable bonds is 4. The third-order valence-electron chi connectivity index (χ3n) is 5.08. The Morgan fingerprint density at radius 1 is 1.35 bits per heavy atom. The Balaban J connectivity index is 1.98. The summed E-state index contributed by atoms with van der Waals surface area (Å²) in [6.45, 7) is 10.2. The van der Waals surface area contributed by atoms with Crippen molar-refractivity contribution >= 4 is 11.3 Å². The van der Waals surface area contributed by atoms with Gasteiger partial charge in [-0.3, -0.25) is 4.90 Å². The van der Waals surface area contributed by atoms with Crippen molar-refractivity contribution in [2.45, 2.75) is 64.5 Å². The van der Waals surface area contributed by atoms with Gasteiger partial charge < -0.3 is 5.32 Å². The Morgan fingerprint density at radius 2 is 2.20 bits per heavy atom. The van der Waals surface area contributed by atoms with E-state index < -0.39 is 0 Å². The van der Waals surface area contributed by atoms with Gasteiger partial charge in [0.25, 0.3) is 0 Å². The Morgan fingerprint density at radius 3 is 2.90 bits per heavy atom. The van der Waals surface area contributed by atoms with E-state index in [2.05, 4.69) is 31.0 Å².